The van der Waals surface area contributed by atoms with E-state index in [0.717, 1.165) is 94.5 Å². The number of benzene rings is 4. The number of nitrogens with zero attached hydrogens (tertiary/aromatic N) is 7. The van der Waals surface area contributed by atoms with E-state index in [2.05, 4.69) is 60.5 Å². The summed E-state index contributed by atoms with van der Waals surface area (Å²) in [5, 5.41) is 39.8. The summed E-state index contributed by atoms with van der Waals surface area (Å²) in [6.45, 7) is 14.2. The number of halogens is 1. The van der Waals surface area contributed by atoms with Gasteiger partial charge in [0.25, 0.3) is 5.91 Å². The number of fused-ring (bicyclic) bond motifs is 5. The smallest absolute Gasteiger partial charge is 0.319 e. The van der Waals surface area contributed by atoms with Gasteiger partial charge < -0.3 is 45.4 Å². The van der Waals surface area contributed by atoms with Crippen LogP contribution in [-0.2, 0) is 19.6 Å². The first kappa shape index (κ1) is 44.7. The summed E-state index contributed by atoms with van der Waals surface area (Å²) < 4.78 is 22.5. The molecular weight excluding hydrogens is 850 g/mol. The van der Waals surface area contributed by atoms with E-state index in [9.17, 15) is 20.1 Å². The molecule has 11 rings (SSSR count). The molecule has 1 amide bonds. The maximum Gasteiger partial charge on any atom is 0.319 e. The molecule has 0 spiro atoms. The van der Waals surface area contributed by atoms with Gasteiger partial charge in [0.1, 0.15) is 40.9 Å². The predicted molar refractivity (Wildman–Crippen MR) is 257 cm³/mol. The number of amides is 1. The summed E-state index contributed by atoms with van der Waals surface area (Å²) in [6.07, 6.45) is 5.02. The fourth-order valence-electron chi connectivity index (χ4n) is 10.6. The van der Waals surface area contributed by atoms with Gasteiger partial charge >= 0.3 is 6.01 Å². The Labute approximate surface area is 390 Å². The number of anilines is 1. The number of piperazine rings is 1. The van der Waals surface area contributed by atoms with Gasteiger partial charge in [-0.15, -0.1) is 0 Å². The number of ether oxygens (including phenoxy) is 1. The lowest BCUT2D eigenvalue weighted by atomic mass is 9.98. The Balaban J connectivity index is 0.000000163. The Kier molecular flexibility index (Phi) is 12.6. The summed E-state index contributed by atoms with van der Waals surface area (Å²) in [5.41, 5.74) is 5.38. The first-order valence-corrected chi connectivity index (χ1v) is 23.7. The standard InChI is InChI=1S/C29H31FN6O2.C23H29N3O3/c1-35-8-4-6-20(35)16-38-29-33-27-24(28(34-29)36-14-17-9-19(15-36)31-12-17)13-32-26(25(27)30)23-11-21(37)10-18-5-2-3-7-22(18)23;1-15(2)19-10-20(22(28)11-21(19)27)23(29)26-13-17-4-3-16(9-18(17)14-26)12-25-7-5-24-6-8-25/h2-3,5,7,10-11,13,17,19-20,31,37H,4,6,8-9,12,14-16H2,1H3;3-4,9-11,15,24,27-28H,5-8,12-14H2,1-2H3/t17?,19?,20-;/m0./s1. The van der Waals surface area contributed by atoms with Gasteiger partial charge in [-0.2, -0.15) is 9.97 Å². The van der Waals surface area contributed by atoms with Crippen LogP contribution in [0.4, 0.5) is 10.2 Å². The van der Waals surface area contributed by atoms with Crippen molar-refractivity contribution >= 4 is 33.4 Å². The number of aromatic nitrogens is 3. The zero-order valence-electron chi connectivity index (χ0n) is 38.5. The van der Waals surface area contributed by atoms with Gasteiger partial charge in [0.2, 0.25) is 0 Å². The molecule has 6 aromatic rings. The van der Waals surface area contributed by atoms with Crippen LogP contribution < -0.4 is 20.3 Å². The van der Waals surface area contributed by atoms with Crippen molar-refractivity contribution in [1.29, 1.82) is 0 Å². The normalized spacial score (nSPS) is 20.7. The average Bonchev–Trinajstić information content (AvgIpc) is 4.04. The highest BCUT2D eigenvalue weighted by Gasteiger charge is 2.35. The van der Waals surface area contributed by atoms with Crippen LogP contribution >= 0.6 is 0 Å². The third-order valence-electron chi connectivity index (χ3n) is 14.2. The van der Waals surface area contributed by atoms with Crippen molar-refractivity contribution in [2.45, 2.75) is 70.7 Å². The fraction of sp³-hybridized carbons (Fsp3) is 0.423. The number of likely N-dealkylation sites (tertiary alicyclic amines) is 1. The van der Waals surface area contributed by atoms with Crippen LogP contribution in [0.15, 0.2) is 72.9 Å². The zero-order chi connectivity index (χ0) is 46.3. The highest BCUT2D eigenvalue weighted by atomic mass is 19.1. The second-order valence-electron chi connectivity index (χ2n) is 19.3. The number of carbonyl (C=O) groups excluding carboxylic acids is 1. The number of likely N-dealkylation sites (N-methyl/N-ethyl adjacent to an activating group) is 1. The van der Waals surface area contributed by atoms with E-state index in [1.165, 1.54) is 17.2 Å². The molecule has 4 saturated heterocycles. The molecule has 7 heterocycles. The van der Waals surface area contributed by atoms with Crippen molar-refractivity contribution in [3.8, 4) is 34.5 Å². The Morgan fingerprint density at radius 3 is 2.54 bits per heavy atom. The highest BCUT2D eigenvalue weighted by molar-refractivity contribution is 6.00. The Hall–Kier alpha value is -6.13. The van der Waals surface area contributed by atoms with Crippen LogP contribution in [0.3, 0.4) is 0 Å². The molecule has 5 aliphatic heterocycles. The van der Waals surface area contributed by atoms with Crippen molar-refractivity contribution in [2.24, 2.45) is 5.92 Å². The number of nitrogens with one attached hydrogen (secondary N) is 2. The molecule has 67 heavy (non-hydrogen) atoms. The second kappa shape index (κ2) is 18.9. The van der Waals surface area contributed by atoms with E-state index >= 15 is 4.39 Å². The maximum absolute atomic E-state index is 16.4. The van der Waals surface area contributed by atoms with Crippen LogP contribution in [0.2, 0.25) is 0 Å². The summed E-state index contributed by atoms with van der Waals surface area (Å²) in [4.78, 5) is 35.8. The number of hydrogen-bond donors (Lipinski definition) is 5. The molecule has 2 bridgehead atoms. The van der Waals surface area contributed by atoms with Crippen LogP contribution in [0.1, 0.15) is 71.6 Å². The monoisotopic (exact) mass is 909 g/mol. The van der Waals surface area contributed by atoms with Gasteiger partial charge in [0.05, 0.1) is 10.9 Å². The van der Waals surface area contributed by atoms with Crippen LogP contribution in [0.25, 0.3) is 32.9 Å². The molecule has 0 radical (unpaired) electrons. The van der Waals surface area contributed by atoms with Gasteiger partial charge in [-0.05, 0) is 95.9 Å². The van der Waals surface area contributed by atoms with E-state index in [0.29, 0.717) is 60.0 Å². The largest absolute Gasteiger partial charge is 0.508 e. The molecule has 3 atom stereocenters. The van der Waals surface area contributed by atoms with E-state index in [1.54, 1.807) is 29.3 Å². The minimum absolute atomic E-state index is 0.0244. The number of carbonyl (C=O) groups is 1. The predicted octanol–water partition coefficient (Wildman–Crippen LogP) is 6.74. The Bertz CT molecular complexity index is 2810. The lowest BCUT2D eigenvalue weighted by molar-refractivity contribution is 0.0748. The topological polar surface area (TPSA) is 163 Å². The molecule has 14 nitrogen and oxygen atoms in total. The van der Waals surface area contributed by atoms with Crippen LogP contribution in [0.5, 0.6) is 23.3 Å². The minimum atomic E-state index is -0.539. The zero-order valence-corrected chi connectivity index (χ0v) is 38.5. The first-order valence-electron chi connectivity index (χ1n) is 23.7. The third-order valence-corrected chi connectivity index (χ3v) is 14.2. The van der Waals surface area contributed by atoms with Gasteiger partial charge in [-0.25, -0.2) is 4.39 Å². The first-order chi connectivity index (χ1) is 32.4. The second-order valence-corrected chi connectivity index (χ2v) is 19.3. The maximum atomic E-state index is 16.4. The lowest BCUT2D eigenvalue weighted by Crippen LogP contribution is -2.42. The molecule has 15 heteroatoms. The Morgan fingerprint density at radius 2 is 1.75 bits per heavy atom. The molecular formula is C52H60FN9O5. The summed E-state index contributed by atoms with van der Waals surface area (Å²) in [6, 6.07) is 21.1. The molecule has 0 saturated carbocycles. The number of piperidine rings is 1. The van der Waals surface area contributed by atoms with E-state index in [-0.39, 0.29) is 51.9 Å². The number of rotatable bonds is 9. The SMILES string of the molecule is CC(C)c1cc(C(=O)N2Cc3ccc(CN4CCNCC4)cc3C2)c(O)cc1O.CN1CCC[C@H]1COc1nc(N2CC3CNC(C3)C2)c2cnc(-c3cc(O)cc4ccccc34)c(F)c2n1. The summed E-state index contributed by atoms with van der Waals surface area (Å²) in [5.74, 6) is 0.429. The molecule has 4 fully saturated rings. The van der Waals surface area contributed by atoms with Crippen LogP contribution in [-0.4, -0.2) is 129 Å². The van der Waals surface area contributed by atoms with Gasteiger partial charge in [0.15, 0.2) is 5.82 Å². The van der Waals surface area contributed by atoms with Crippen molar-refractivity contribution in [2.75, 3.05) is 70.9 Å². The summed E-state index contributed by atoms with van der Waals surface area (Å²) >= 11 is 0. The lowest BCUT2D eigenvalue weighted by Gasteiger charge is -2.32. The number of pyridine rings is 1. The van der Waals surface area contributed by atoms with Crippen molar-refractivity contribution in [3.05, 3.63) is 107 Å². The number of phenols is 3. The van der Waals surface area contributed by atoms with Crippen molar-refractivity contribution in [1.82, 2.24) is 40.3 Å². The van der Waals surface area contributed by atoms with E-state index in [1.807, 2.05) is 38.1 Å². The summed E-state index contributed by atoms with van der Waals surface area (Å²) in [7, 11) is 2.10. The molecule has 5 aliphatic rings. The number of phenolic OH excluding ortho intramolecular Hbond substituents is 3. The number of hydrogen-bond acceptors (Lipinski definition) is 13. The molecule has 2 aromatic heterocycles. The minimum Gasteiger partial charge on any atom is -0.508 e. The fourth-order valence-corrected chi connectivity index (χ4v) is 10.6. The van der Waals surface area contributed by atoms with Crippen LogP contribution in [0, 0.1) is 11.7 Å². The highest BCUT2D eigenvalue weighted by Crippen LogP contribution is 2.39. The third kappa shape index (κ3) is 9.30. The van der Waals surface area contributed by atoms with Gasteiger partial charge in [-0.3, -0.25) is 14.7 Å². The van der Waals surface area contributed by atoms with Gasteiger partial charge in [0, 0.05) is 95.4 Å². The average molecular weight is 910 g/mol. The van der Waals surface area contributed by atoms with E-state index in [4.69, 9.17) is 9.72 Å². The van der Waals surface area contributed by atoms with Crippen molar-refractivity contribution in [3.63, 3.8) is 0 Å². The van der Waals surface area contributed by atoms with Crippen molar-refractivity contribution < 1.29 is 29.2 Å². The molecule has 2 unspecified atom stereocenters. The van der Waals surface area contributed by atoms with Gasteiger partial charge in [-0.1, -0.05) is 56.3 Å². The molecule has 0 aliphatic carbocycles. The Morgan fingerprint density at radius 1 is 0.925 bits per heavy atom. The molecule has 350 valence electrons. The number of aromatic hydroxyl groups is 3. The molecule has 5 N–H and O–H groups in total. The molecule has 4 aromatic carbocycles. The van der Waals surface area contributed by atoms with E-state index < -0.39 is 5.82 Å². The quantitative estimate of drug-likeness (QED) is 0.104.